The van der Waals surface area contributed by atoms with Gasteiger partial charge in [0.1, 0.15) is 6.54 Å². The van der Waals surface area contributed by atoms with Gasteiger partial charge in [-0.2, -0.15) is 0 Å². The Hall–Kier alpha value is -2.14. The number of aromatic nitrogens is 1. The van der Waals surface area contributed by atoms with Gasteiger partial charge < -0.3 is 14.6 Å². The van der Waals surface area contributed by atoms with Crippen molar-refractivity contribution >= 4 is 22.6 Å². The van der Waals surface area contributed by atoms with Crippen LogP contribution in [0.15, 0.2) is 24.4 Å². The van der Waals surface area contributed by atoms with Crippen molar-refractivity contribution in [3.63, 3.8) is 0 Å². The van der Waals surface area contributed by atoms with Crippen LogP contribution >= 0.6 is 0 Å². The van der Waals surface area contributed by atoms with E-state index in [0.29, 0.717) is 24.6 Å². The molecule has 2 fully saturated rings. The number of amides is 1. The molecular weight excluding hydrogens is 352 g/mol. The van der Waals surface area contributed by atoms with Crippen molar-refractivity contribution in [3.05, 3.63) is 35.5 Å². The number of aryl methyl sites for hydroxylation is 1. The summed E-state index contributed by atoms with van der Waals surface area (Å²) in [5.41, 5.74) is 2.86. The standard InChI is InChI=1S/C23H30N2O3/c1-5-16-7-6-8-17-18(15(2)27)9-24(21(16)17)11-20(28)25-10-19-22(3,4)12-23(19,13-25)14-26/h6-9,19,26H,5,10-14H2,1-4H3/t19-,23-/m1/s1. The van der Waals surface area contributed by atoms with Gasteiger partial charge in [-0.3, -0.25) is 9.59 Å². The predicted molar refractivity (Wildman–Crippen MR) is 109 cm³/mol. The number of aliphatic hydroxyl groups excluding tert-OH is 1. The van der Waals surface area contributed by atoms with Crippen molar-refractivity contribution < 1.29 is 14.7 Å². The van der Waals surface area contributed by atoms with Crippen LogP contribution in [0.5, 0.6) is 0 Å². The molecule has 2 aromatic rings. The van der Waals surface area contributed by atoms with Crippen molar-refractivity contribution in [1.29, 1.82) is 0 Å². The Kier molecular flexibility index (Phi) is 4.42. The molecule has 1 saturated carbocycles. The number of hydrogen-bond donors (Lipinski definition) is 1. The lowest BCUT2D eigenvalue weighted by atomic mass is 9.48. The zero-order valence-corrected chi connectivity index (χ0v) is 17.3. The van der Waals surface area contributed by atoms with E-state index < -0.39 is 0 Å². The lowest BCUT2D eigenvalue weighted by molar-refractivity contribution is -0.131. The highest BCUT2D eigenvalue weighted by atomic mass is 16.3. The van der Waals surface area contributed by atoms with Crippen molar-refractivity contribution in [2.24, 2.45) is 16.7 Å². The molecule has 5 nitrogen and oxygen atoms in total. The quantitative estimate of drug-likeness (QED) is 0.808. The molecule has 1 aromatic heterocycles. The van der Waals surface area contributed by atoms with E-state index in [-0.39, 0.29) is 35.7 Å². The normalized spacial score (nSPS) is 25.6. The highest BCUT2D eigenvalue weighted by molar-refractivity contribution is 6.07. The summed E-state index contributed by atoms with van der Waals surface area (Å²) >= 11 is 0. The van der Waals surface area contributed by atoms with E-state index in [1.54, 1.807) is 6.92 Å². The van der Waals surface area contributed by atoms with Gasteiger partial charge in [0.15, 0.2) is 5.78 Å². The minimum absolute atomic E-state index is 0.0182. The number of Topliss-reactive ketones (excluding diaryl/α,β-unsaturated/α-hetero) is 1. The monoisotopic (exact) mass is 382 g/mol. The van der Waals surface area contributed by atoms with Gasteiger partial charge in [-0.15, -0.1) is 0 Å². The van der Waals surface area contributed by atoms with Crippen LogP contribution in [-0.4, -0.2) is 46.0 Å². The summed E-state index contributed by atoms with van der Waals surface area (Å²) in [5.74, 6) is 0.440. The maximum atomic E-state index is 13.2. The third kappa shape index (κ3) is 2.71. The third-order valence-electron chi connectivity index (χ3n) is 7.11. The Morgan fingerprint density at radius 3 is 2.61 bits per heavy atom. The summed E-state index contributed by atoms with van der Waals surface area (Å²) < 4.78 is 1.95. The van der Waals surface area contributed by atoms with Gasteiger partial charge >= 0.3 is 0 Å². The fourth-order valence-electron chi connectivity index (χ4n) is 5.90. The van der Waals surface area contributed by atoms with E-state index in [0.717, 1.165) is 29.3 Å². The van der Waals surface area contributed by atoms with Gasteiger partial charge in [-0.05, 0) is 36.7 Å². The molecule has 150 valence electrons. The second-order valence-corrected chi connectivity index (χ2v) is 9.41. The number of rotatable bonds is 5. The number of ketones is 1. The molecule has 5 heteroatoms. The van der Waals surface area contributed by atoms with Crippen LogP contribution in [0.1, 0.15) is 50.0 Å². The zero-order chi connectivity index (χ0) is 20.3. The Labute approximate surface area is 166 Å². The second-order valence-electron chi connectivity index (χ2n) is 9.41. The number of benzene rings is 1. The van der Waals surface area contributed by atoms with E-state index in [2.05, 4.69) is 26.8 Å². The SMILES string of the molecule is CCc1cccc2c(C(C)=O)cn(CC(=O)N3C[C@@H]4C(C)(C)C[C@]4(CO)C3)c12. The molecular formula is C23H30N2O3. The molecule has 28 heavy (non-hydrogen) atoms. The topological polar surface area (TPSA) is 62.5 Å². The highest BCUT2D eigenvalue weighted by Crippen LogP contribution is 2.62. The van der Waals surface area contributed by atoms with E-state index >= 15 is 0 Å². The molecule has 0 unspecified atom stereocenters. The first kappa shape index (κ1) is 19.2. The summed E-state index contributed by atoms with van der Waals surface area (Å²) in [7, 11) is 0. The molecule has 2 aliphatic rings. The number of carbonyl (C=O) groups excluding carboxylic acids is 2. The van der Waals surface area contributed by atoms with Gasteiger partial charge in [-0.25, -0.2) is 0 Å². The van der Waals surface area contributed by atoms with Crippen LogP contribution in [0.3, 0.4) is 0 Å². The van der Waals surface area contributed by atoms with E-state index in [1.807, 2.05) is 27.8 Å². The summed E-state index contributed by atoms with van der Waals surface area (Å²) in [4.78, 5) is 27.2. The second kappa shape index (κ2) is 6.45. The van der Waals surface area contributed by atoms with Gasteiger partial charge in [0.25, 0.3) is 0 Å². The van der Waals surface area contributed by atoms with Crippen LogP contribution in [0.4, 0.5) is 0 Å². The van der Waals surface area contributed by atoms with Crippen molar-refractivity contribution in [1.82, 2.24) is 9.47 Å². The van der Waals surface area contributed by atoms with Crippen molar-refractivity contribution in [2.45, 2.75) is 47.1 Å². The molecule has 0 spiro atoms. The van der Waals surface area contributed by atoms with Crippen LogP contribution < -0.4 is 0 Å². The average molecular weight is 383 g/mol. The first-order valence-electron chi connectivity index (χ1n) is 10.2. The third-order valence-corrected chi connectivity index (χ3v) is 7.11. The van der Waals surface area contributed by atoms with Crippen LogP contribution in [-0.2, 0) is 17.8 Å². The Bertz CT molecular complexity index is 958. The number of para-hydroxylation sites is 1. The number of likely N-dealkylation sites (tertiary alicyclic amines) is 1. The first-order chi connectivity index (χ1) is 13.2. The van der Waals surface area contributed by atoms with E-state index in [1.165, 1.54) is 0 Å². The number of carbonyl (C=O) groups is 2. The van der Waals surface area contributed by atoms with Crippen molar-refractivity contribution in [2.75, 3.05) is 19.7 Å². The molecule has 1 saturated heterocycles. The Morgan fingerprint density at radius 2 is 2.04 bits per heavy atom. The molecule has 1 aliphatic carbocycles. The Balaban J connectivity index is 1.64. The minimum atomic E-state index is -0.128. The molecule has 2 heterocycles. The average Bonchev–Trinajstić information content (AvgIpc) is 3.18. The smallest absolute Gasteiger partial charge is 0.242 e. The summed E-state index contributed by atoms with van der Waals surface area (Å²) in [6.07, 6.45) is 3.65. The summed E-state index contributed by atoms with van der Waals surface area (Å²) in [6, 6.07) is 6.00. The molecule has 2 atom stereocenters. The maximum Gasteiger partial charge on any atom is 0.242 e. The largest absolute Gasteiger partial charge is 0.396 e. The number of nitrogens with zero attached hydrogens (tertiary/aromatic N) is 2. The van der Waals surface area contributed by atoms with Crippen LogP contribution in [0.2, 0.25) is 0 Å². The number of fused-ring (bicyclic) bond motifs is 2. The van der Waals surface area contributed by atoms with Gasteiger partial charge in [0.05, 0.1) is 12.1 Å². The van der Waals surface area contributed by atoms with Crippen LogP contribution in [0, 0.1) is 16.7 Å². The van der Waals surface area contributed by atoms with Gasteiger partial charge in [0, 0.05) is 35.7 Å². The summed E-state index contributed by atoms with van der Waals surface area (Å²) in [6.45, 7) is 9.84. The number of hydrogen-bond acceptors (Lipinski definition) is 3. The molecule has 4 rings (SSSR count). The zero-order valence-electron chi connectivity index (χ0n) is 17.3. The predicted octanol–water partition coefficient (Wildman–Crippen LogP) is 3.27. The fourth-order valence-corrected chi connectivity index (χ4v) is 5.90. The fraction of sp³-hybridized carbons (Fsp3) is 0.565. The van der Waals surface area contributed by atoms with E-state index in [4.69, 9.17) is 0 Å². The lowest BCUT2D eigenvalue weighted by Crippen LogP contribution is -2.54. The molecule has 1 aromatic carbocycles. The molecule has 1 aliphatic heterocycles. The highest BCUT2D eigenvalue weighted by Gasteiger charge is 2.62. The van der Waals surface area contributed by atoms with E-state index in [9.17, 15) is 14.7 Å². The van der Waals surface area contributed by atoms with Gasteiger partial charge in [-0.1, -0.05) is 39.0 Å². The molecule has 0 radical (unpaired) electrons. The Morgan fingerprint density at radius 1 is 1.29 bits per heavy atom. The summed E-state index contributed by atoms with van der Waals surface area (Å²) in [5, 5.41) is 10.9. The number of aliphatic hydroxyl groups is 1. The maximum absolute atomic E-state index is 13.2. The lowest BCUT2D eigenvalue weighted by Gasteiger charge is -2.55. The first-order valence-corrected chi connectivity index (χ1v) is 10.2. The van der Waals surface area contributed by atoms with Crippen molar-refractivity contribution in [3.8, 4) is 0 Å². The molecule has 1 amide bonds. The molecule has 0 bridgehead atoms. The minimum Gasteiger partial charge on any atom is -0.396 e. The molecule has 1 N–H and O–H groups in total. The van der Waals surface area contributed by atoms with Gasteiger partial charge in [0.2, 0.25) is 5.91 Å². The van der Waals surface area contributed by atoms with Crippen LogP contribution in [0.25, 0.3) is 10.9 Å².